The van der Waals surface area contributed by atoms with Crippen LogP contribution < -0.4 is 5.32 Å². The summed E-state index contributed by atoms with van der Waals surface area (Å²) in [6.45, 7) is 0. The third-order valence-corrected chi connectivity index (χ3v) is 2.11. The van der Waals surface area contributed by atoms with Gasteiger partial charge in [-0.05, 0) is 12.1 Å². The molecule has 0 saturated carbocycles. The monoisotopic (exact) mass is 256 g/mol. The van der Waals surface area contributed by atoms with Crippen molar-refractivity contribution in [2.24, 2.45) is 0 Å². The zero-order chi connectivity index (χ0) is 13.2. The molecule has 1 heterocycles. The Bertz CT molecular complexity index is 550. The van der Waals surface area contributed by atoms with Gasteiger partial charge in [0.05, 0.1) is 0 Å². The Kier molecular flexibility index (Phi) is 3.05. The molecule has 18 heavy (non-hydrogen) atoms. The Hall–Kier alpha value is -2.31. The fourth-order valence-electron chi connectivity index (χ4n) is 1.31. The number of rotatable bonds is 2. The highest BCUT2D eigenvalue weighted by Crippen LogP contribution is 2.23. The summed E-state index contributed by atoms with van der Waals surface area (Å²) in [4.78, 5) is 14.6. The molecule has 0 saturated heterocycles. The fraction of sp³-hybridized carbons (Fsp3) is 0.0909. The van der Waals surface area contributed by atoms with E-state index in [1.165, 1.54) is 30.9 Å². The predicted octanol–water partition coefficient (Wildman–Crippen LogP) is 2.84. The Morgan fingerprint density at radius 1 is 1.33 bits per heavy atom. The highest BCUT2D eigenvalue weighted by molar-refractivity contribution is 5.95. The Labute approximate surface area is 99.4 Å². The lowest BCUT2D eigenvalue weighted by molar-refractivity contribution is -0.167. The minimum absolute atomic E-state index is 0.0397. The van der Waals surface area contributed by atoms with Gasteiger partial charge in [-0.2, -0.15) is 13.2 Å². The van der Waals surface area contributed by atoms with Crippen molar-refractivity contribution < 1.29 is 22.4 Å². The van der Waals surface area contributed by atoms with E-state index in [4.69, 9.17) is 4.42 Å². The zero-order valence-corrected chi connectivity index (χ0v) is 8.86. The first kappa shape index (κ1) is 12.2. The third kappa shape index (κ3) is 2.68. The first-order valence-electron chi connectivity index (χ1n) is 4.83. The van der Waals surface area contributed by atoms with Crippen molar-refractivity contribution >= 4 is 11.6 Å². The molecular formula is C11H7F3N2O2. The molecule has 0 radical (unpaired) electrons. The molecule has 0 aliphatic rings. The van der Waals surface area contributed by atoms with Crippen molar-refractivity contribution in [2.75, 3.05) is 5.32 Å². The van der Waals surface area contributed by atoms with E-state index in [1.54, 1.807) is 11.4 Å². The number of halogens is 3. The highest BCUT2D eigenvalue weighted by Gasteiger charge is 2.38. The Balaban J connectivity index is 2.21. The van der Waals surface area contributed by atoms with Crippen LogP contribution in [0.15, 0.2) is 41.3 Å². The van der Waals surface area contributed by atoms with E-state index in [1.807, 2.05) is 0 Å². The van der Waals surface area contributed by atoms with Gasteiger partial charge in [-0.15, -0.1) is 0 Å². The van der Waals surface area contributed by atoms with Crippen LogP contribution in [0.3, 0.4) is 0 Å². The molecule has 0 bridgehead atoms. The molecule has 94 valence electrons. The summed E-state index contributed by atoms with van der Waals surface area (Å²) in [6, 6.07) is 5.88. The molecule has 0 aliphatic heterocycles. The van der Waals surface area contributed by atoms with Gasteiger partial charge in [0.15, 0.2) is 6.39 Å². The van der Waals surface area contributed by atoms with Crippen molar-refractivity contribution in [3.05, 3.63) is 36.9 Å². The number of nitrogens with zero attached hydrogens (tertiary/aromatic N) is 1. The summed E-state index contributed by atoms with van der Waals surface area (Å²) < 4.78 is 41.0. The van der Waals surface area contributed by atoms with Crippen LogP contribution in [0.25, 0.3) is 11.3 Å². The molecular weight excluding hydrogens is 249 g/mol. The van der Waals surface area contributed by atoms with Gasteiger partial charge in [0.2, 0.25) is 0 Å². The maximum Gasteiger partial charge on any atom is 0.471 e. The summed E-state index contributed by atoms with van der Waals surface area (Å²) in [6.07, 6.45) is -2.36. The standard InChI is InChI=1S/C11H7F3N2O2/c12-11(13,14)10(17)16-8-3-1-2-7(4-8)9-5-18-6-15-9/h1-6H,(H,16,17). The van der Waals surface area contributed by atoms with Gasteiger partial charge < -0.3 is 9.73 Å². The van der Waals surface area contributed by atoms with E-state index in [9.17, 15) is 18.0 Å². The van der Waals surface area contributed by atoms with E-state index in [0.29, 0.717) is 11.3 Å². The van der Waals surface area contributed by atoms with Crippen molar-refractivity contribution in [2.45, 2.75) is 6.18 Å². The molecule has 1 N–H and O–H groups in total. The lowest BCUT2D eigenvalue weighted by Gasteiger charge is -2.08. The summed E-state index contributed by atoms with van der Waals surface area (Å²) in [5.41, 5.74) is 1.06. The molecule has 0 atom stereocenters. The van der Waals surface area contributed by atoms with Crippen molar-refractivity contribution in [3.8, 4) is 11.3 Å². The lowest BCUT2D eigenvalue weighted by Crippen LogP contribution is -2.29. The molecule has 0 fully saturated rings. The van der Waals surface area contributed by atoms with Gasteiger partial charge >= 0.3 is 12.1 Å². The van der Waals surface area contributed by atoms with Crippen LogP contribution in [0.1, 0.15) is 0 Å². The Morgan fingerprint density at radius 2 is 2.11 bits per heavy atom. The molecule has 2 aromatic rings. The smallest absolute Gasteiger partial charge is 0.451 e. The fourth-order valence-corrected chi connectivity index (χ4v) is 1.31. The summed E-state index contributed by atoms with van der Waals surface area (Å²) in [7, 11) is 0. The van der Waals surface area contributed by atoms with Crippen molar-refractivity contribution in [3.63, 3.8) is 0 Å². The second-order valence-electron chi connectivity index (χ2n) is 3.41. The van der Waals surface area contributed by atoms with Crippen molar-refractivity contribution in [1.29, 1.82) is 0 Å². The predicted molar refractivity (Wildman–Crippen MR) is 56.6 cm³/mol. The third-order valence-electron chi connectivity index (χ3n) is 2.11. The topological polar surface area (TPSA) is 55.1 Å². The van der Waals surface area contributed by atoms with Crippen molar-refractivity contribution in [1.82, 2.24) is 4.98 Å². The van der Waals surface area contributed by atoms with E-state index in [-0.39, 0.29) is 5.69 Å². The average molecular weight is 256 g/mol. The normalized spacial score (nSPS) is 11.3. The number of nitrogens with one attached hydrogen (secondary N) is 1. The number of oxazole rings is 1. The molecule has 0 spiro atoms. The maximum atomic E-state index is 12.1. The number of alkyl halides is 3. The number of anilines is 1. The minimum Gasteiger partial charge on any atom is -0.451 e. The van der Waals surface area contributed by atoms with Crippen LogP contribution in [0.2, 0.25) is 0 Å². The molecule has 1 amide bonds. The van der Waals surface area contributed by atoms with Crippen LogP contribution in [0, 0.1) is 0 Å². The second kappa shape index (κ2) is 4.52. The first-order chi connectivity index (χ1) is 8.47. The number of hydrogen-bond acceptors (Lipinski definition) is 3. The SMILES string of the molecule is O=C(Nc1cccc(-c2cocn2)c1)C(F)(F)F. The van der Waals surface area contributed by atoms with Gasteiger partial charge in [-0.25, -0.2) is 4.98 Å². The van der Waals surface area contributed by atoms with Gasteiger partial charge in [-0.1, -0.05) is 12.1 Å². The number of amides is 1. The van der Waals surface area contributed by atoms with Gasteiger partial charge in [0, 0.05) is 11.3 Å². The average Bonchev–Trinajstić information content (AvgIpc) is 2.81. The molecule has 1 aromatic carbocycles. The van der Waals surface area contributed by atoms with Gasteiger partial charge in [0.25, 0.3) is 0 Å². The van der Waals surface area contributed by atoms with Gasteiger partial charge in [0.1, 0.15) is 12.0 Å². The van der Waals surface area contributed by atoms with Crippen LogP contribution in [-0.2, 0) is 4.79 Å². The number of carbonyl (C=O) groups excluding carboxylic acids is 1. The second-order valence-corrected chi connectivity index (χ2v) is 3.41. The first-order valence-corrected chi connectivity index (χ1v) is 4.83. The van der Waals surface area contributed by atoms with Crippen LogP contribution in [-0.4, -0.2) is 17.1 Å². The quantitative estimate of drug-likeness (QED) is 0.898. The number of benzene rings is 1. The van der Waals surface area contributed by atoms with E-state index < -0.39 is 12.1 Å². The van der Waals surface area contributed by atoms with Crippen LogP contribution in [0.4, 0.5) is 18.9 Å². The summed E-state index contributed by atoms with van der Waals surface area (Å²) >= 11 is 0. The Morgan fingerprint density at radius 3 is 2.72 bits per heavy atom. The van der Waals surface area contributed by atoms with Gasteiger partial charge in [-0.3, -0.25) is 4.79 Å². The van der Waals surface area contributed by atoms with E-state index in [0.717, 1.165) is 0 Å². The molecule has 7 heteroatoms. The largest absolute Gasteiger partial charge is 0.471 e. The minimum atomic E-state index is -4.91. The van der Waals surface area contributed by atoms with E-state index >= 15 is 0 Å². The summed E-state index contributed by atoms with van der Waals surface area (Å²) in [5, 5.41) is 1.76. The molecule has 4 nitrogen and oxygen atoms in total. The number of aromatic nitrogens is 1. The molecule has 2 rings (SSSR count). The summed E-state index contributed by atoms with van der Waals surface area (Å²) in [5.74, 6) is -2.01. The zero-order valence-electron chi connectivity index (χ0n) is 8.86. The number of hydrogen-bond donors (Lipinski definition) is 1. The molecule has 1 aromatic heterocycles. The molecule has 0 aliphatic carbocycles. The highest BCUT2D eigenvalue weighted by atomic mass is 19.4. The lowest BCUT2D eigenvalue weighted by atomic mass is 10.1. The van der Waals surface area contributed by atoms with Crippen LogP contribution in [0.5, 0.6) is 0 Å². The number of carbonyl (C=O) groups is 1. The van der Waals surface area contributed by atoms with Crippen LogP contribution >= 0.6 is 0 Å². The maximum absolute atomic E-state index is 12.1. The molecule has 0 unspecified atom stereocenters. The van der Waals surface area contributed by atoms with E-state index in [2.05, 4.69) is 4.98 Å².